The summed E-state index contributed by atoms with van der Waals surface area (Å²) in [5, 5.41) is 9.66. The Morgan fingerprint density at radius 1 is 1.56 bits per heavy atom. The van der Waals surface area contributed by atoms with E-state index in [0.29, 0.717) is 21.2 Å². The molecule has 2 rings (SSSR count). The molecule has 3 N–H and O–H groups in total. The Labute approximate surface area is 112 Å². The summed E-state index contributed by atoms with van der Waals surface area (Å²) in [5.41, 5.74) is 5.93. The SMILES string of the molecule is COc1cccc(Cl)c1-c1sc(N)nc1C(=O)O. The quantitative estimate of drug-likeness (QED) is 0.905. The predicted molar refractivity (Wildman–Crippen MR) is 70.5 cm³/mol. The number of hydrogen-bond donors (Lipinski definition) is 2. The molecule has 7 heteroatoms. The highest BCUT2D eigenvalue weighted by Gasteiger charge is 2.22. The number of ether oxygens (including phenoxy) is 1. The molecule has 0 radical (unpaired) electrons. The Balaban J connectivity index is 2.72. The molecule has 0 saturated carbocycles. The number of methoxy groups -OCH3 is 1. The first-order valence-corrected chi connectivity index (χ1v) is 6.06. The van der Waals surface area contributed by atoms with Crippen LogP contribution in [-0.2, 0) is 0 Å². The molecular formula is C11H9ClN2O3S. The number of rotatable bonds is 3. The topological polar surface area (TPSA) is 85.4 Å². The van der Waals surface area contributed by atoms with Gasteiger partial charge in [0, 0.05) is 0 Å². The van der Waals surface area contributed by atoms with E-state index < -0.39 is 5.97 Å². The van der Waals surface area contributed by atoms with Crippen LogP contribution in [0.2, 0.25) is 5.02 Å². The van der Waals surface area contributed by atoms with Crippen molar-refractivity contribution in [1.29, 1.82) is 0 Å². The molecule has 2 aromatic rings. The maximum absolute atomic E-state index is 11.1. The van der Waals surface area contributed by atoms with E-state index in [9.17, 15) is 4.79 Å². The highest BCUT2D eigenvalue weighted by molar-refractivity contribution is 7.19. The van der Waals surface area contributed by atoms with Gasteiger partial charge in [0.15, 0.2) is 10.8 Å². The molecule has 18 heavy (non-hydrogen) atoms. The molecule has 1 aromatic carbocycles. The van der Waals surface area contributed by atoms with Crippen molar-refractivity contribution < 1.29 is 14.6 Å². The molecule has 0 aliphatic rings. The zero-order chi connectivity index (χ0) is 13.3. The van der Waals surface area contributed by atoms with Gasteiger partial charge in [0.05, 0.1) is 22.6 Å². The summed E-state index contributed by atoms with van der Waals surface area (Å²) in [6.07, 6.45) is 0. The molecule has 5 nitrogen and oxygen atoms in total. The number of nitrogen functional groups attached to an aromatic ring is 1. The number of aromatic nitrogens is 1. The molecule has 0 aliphatic carbocycles. The van der Waals surface area contributed by atoms with E-state index in [1.54, 1.807) is 18.2 Å². The number of carboxylic acid groups (broad SMARTS) is 1. The van der Waals surface area contributed by atoms with Gasteiger partial charge in [-0.1, -0.05) is 29.0 Å². The van der Waals surface area contributed by atoms with Gasteiger partial charge in [-0.25, -0.2) is 9.78 Å². The van der Waals surface area contributed by atoms with Crippen LogP contribution >= 0.6 is 22.9 Å². The monoisotopic (exact) mass is 284 g/mol. The normalized spacial score (nSPS) is 10.3. The van der Waals surface area contributed by atoms with Crippen LogP contribution in [0.3, 0.4) is 0 Å². The zero-order valence-corrected chi connectivity index (χ0v) is 10.9. The number of halogens is 1. The smallest absolute Gasteiger partial charge is 0.356 e. The Morgan fingerprint density at radius 2 is 2.28 bits per heavy atom. The summed E-state index contributed by atoms with van der Waals surface area (Å²) in [6, 6.07) is 5.07. The molecule has 1 aromatic heterocycles. The largest absolute Gasteiger partial charge is 0.496 e. The van der Waals surface area contributed by atoms with E-state index in [0.717, 1.165) is 11.3 Å². The van der Waals surface area contributed by atoms with Gasteiger partial charge < -0.3 is 15.6 Å². The van der Waals surface area contributed by atoms with Gasteiger partial charge in [0.1, 0.15) is 5.75 Å². The third-order valence-corrected chi connectivity index (χ3v) is 3.49. The maximum Gasteiger partial charge on any atom is 0.356 e. The van der Waals surface area contributed by atoms with Crippen molar-refractivity contribution in [3.8, 4) is 16.2 Å². The minimum atomic E-state index is -1.15. The fraction of sp³-hybridized carbons (Fsp3) is 0.0909. The summed E-state index contributed by atoms with van der Waals surface area (Å²) in [5.74, 6) is -0.673. The summed E-state index contributed by atoms with van der Waals surface area (Å²) in [4.78, 5) is 15.3. The molecular weight excluding hydrogens is 276 g/mol. The van der Waals surface area contributed by atoms with Crippen LogP contribution in [-0.4, -0.2) is 23.2 Å². The van der Waals surface area contributed by atoms with Crippen molar-refractivity contribution in [3.05, 3.63) is 28.9 Å². The van der Waals surface area contributed by atoms with E-state index >= 15 is 0 Å². The second kappa shape index (κ2) is 4.83. The lowest BCUT2D eigenvalue weighted by atomic mass is 10.1. The molecule has 0 atom stereocenters. The Morgan fingerprint density at radius 3 is 2.89 bits per heavy atom. The van der Waals surface area contributed by atoms with Crippen molar-refractivity contribution in [2.24, 2.45) is 0 Å². The van der Waals surface area contributed by atoms with Gasteiger partial charge >= 0.3 is 5.97 Å². The molecule has 0 unspecified atom stereocenters. The van der Waals surface area contributed by atoms with Crippen LogP contribution in [0.25, 0.3) is 10.4 Å². The molecule has 0 amide bonds. The number of nitrogens with two attached hydrogens (primary N) is 1. The number of anilines is 1. The van der Waals surface area contributed by atoms with Crippen molar-refractivity contribution in [2.45, 2.75) is 0 Å². The second-order valence-corrected chi connectivity index (χ2v) is 4.79. The predicted octanol–water partition coefficient (Wildman–Crippen LogP) is 2.75. The summed E-state index contributed by atoms with van der Waals surface area (Å²) < 4.78 is 5.19. The number of benzene rings is 1. The van der Waals surface area contributed by atoms with Crippen LogP contribution in [0.5, 0.6) is 5.75 Å². The average Bonchev–Trinajstić information content (AvgIpc) is 2.70. The number of carboxylic acids is 1. The van der Waals surface area contributed by atoms with Crippen molar-refractivity contribution >= 4 is 34.0 Å². The maximum atomic E-state index is 11.1. The molecule has 0 spiro atoms. The molecule has 0 fully saturated rings. The van der Waals surface area contributed by atoms with Gasteiger partial charge in [-0.2, -0.15) is 0 Å². The minimum absolute atomic E-state index is 0.121. The Kier molecular flexibility index (Phi) is 3.40. The third kappa shape index (κ3) is 2.12. The first kappa shape index (κ1) is 12.7. The van der Waals surface area contributed by atoms with Crippen LogP contribution in [0.1, 0.15) is 10.5 Å². The molecule has 0 aliphatic heterocycles. The minimum Gasteiger partial charge on any atom is -0.496 e. The number of nitrogens with zero attached hydrogens (tertiary/aromatic N) is 1. The lowest BCUT2D eigenvalue weighted by Gasteiger charge is -2.08. The van der Waals surface area contributed by atoms with Crippen molar-refractivity contribution in [1.82, 2.24) is 4.98 Å². The molecule has 94 valence electrons. The lowest BCUT2D eigenvalue weighted by molar-refractivity contribution is 0.0692. The Bertz CT molecular complexity index is 612. The highest BCUT2D eigenvalue weighted by Crippen LogP contribution is 2.41. The molecule has 0 bridgehead atoms. The summed E-state index contributed by atoms with van der Waals surface area (Å²) in [7, 11) is 1.49. The molecule has 1 heterocycles. The van der Waals surface area contributed by atoms with E-state index in [-0.39, 0.29) is 10.8 Å². The number of carbonyl (C=O) groups is 1. The Hall–Kier alpha value is -1.79. The number of aromatic carboxylic acids is 1. The van der Waals surface area contributed by atoms with Gasteiger partial charge in [-0.3, -0.25) is 0 Å². The molecule has 0 saturated heterocycles. The first-order valence-electron chi connectivity index (χ1n) is 4.87. The summed E-state index contributed by atoms with van der Waals surface area (Å²) >= 11 is 7.15. The van der Waals surface area contributed by atoms with Crippen molar-refractivity contribution in [2.75, 3.05) is 12.8 Å². The van der Waals surface area contributed by atoms with Crippen molar-refractivity contribution in [3.63, 3.8) is 0 Å². The van der Waals surface area contributed by atoms with Gasteiger partial charge in [0.25, 0.3) is 0 Å². The standard InChI is InChI=1S/C11H9ClN2O3S/c1-17-6-4-2-3-5(12)7(6)9-8(10(15)16)14-11(13)18-9/h2-4H,1H3,(H2,13,14)(H,15,16). The lowest BCUT2D eigenvalue weighted by Crippen LogP contribution is -2.00. The fourth-order valence-electron chi connectivity index (χ4n) is 1.55. The van der Waals surface area contributed by atoms with Crippen LogP contribution in [0, 0.1) is 0 Å². The van der Waals surface area contributed by atoms with Gasteiger partial charge in [-0.05, 0) is 12.1 Å². The van der Waals surface area contributed by atoms with Crippen LogP contribution < -0.4 is 10.5 Å². The van der Waals surface area contributed by atoms with Crippen LogP contribution in [0.4, 0.5) is 5.13 Å². The summed E-state index contributed by atoms with van der Waals surface area (Å²) in [6.45, 7) is 0. The number of hydrogen-bond acceptors (Lipinski definition) is 5. The van der Waals surface area contributed by atoms with E-state index in [4.69, 9.17) is 27.2 Å². The third-order valence-electron chi connectivity index (χ3n) is 2.27. The fourth-order valence-corrected chi connectivity index (χ4v) is 2.75. The van der Waals surface area contributed by atoms with E-state index in [1.807, 2.05) is 0 Å². The second-order valence-electron chi connectivity index (χ2n) is 3.35. The van der Waals surface area contributed by atoms with Crippen LogP contribution in [0.15, 0.2) is 18.2 Å². The average molecular weight is 285 g/mol. The number of thiazole rings is 1. The first-order chi connectivity index (χ1) is 8.54. The van der Waals surface area contributed by atoms with E-state index in [2.05, 4.69) is 4.98 Å². The zero-order valence-electron chi connectivity index (χ0n) is 9.31. The highest BCUT2D eigenvalue weighted by atomic mass is 35.5. The van der Waals surface area contributed by atoms with Gasteiger partial charge in [-0.15, -0.1) is 0 Å². The van der Waals surface area contributed by atoms with Gasteiger partial charge in [0.2, 0.25) is 0 Å². The van der Waals surface area contributed by atoms with E-state index in [1.165, 1.54) is 7.11 Å².